The lowest BCUT2D eigenvalue weighted by molar-refractivity contribution is 0.0751. The molecule has 0 bridgehead atoms. The first-order chi connectivity index (χ1) is 15.6. The van der Waals surface area contributed by atoms with Crippen LogP contribution in [0.15, 0.2) is 54.4 Å². The zero-order valence-electron chi connectivity index (χ0n) is 18.5. The van der Waals surface area contributed by atoms with Gasteiger partial charge in [-0.25, -0.2) is 14.6 Å². The monoisotopic (exact) mass is 446 g/mol. The highest BCUT2D eigenvalue weighted by Crippen LogP contribution is 2.27. The van der Waals surface area contributed by atoms with Crippen LogP contribution in [0.1, 0.15) is 47.4 Å². The molecule has 4 aromatic heterocycles. The van der Waals surface area contributed by atoms with Gasteiger partial charge < -0.3 is 4.90 Å². The molecule has 164 valence electrons. The Kier molecular flexibility index (Phi) is 6.70. The number of carbonyl (C=O) groups is 1. The summed E-state index contributed by atoms with van der Waals surface area (Å²) < 4.78 is 1.72. The Morgan fingerprint density at radius 1 is 1.16 bits per heavy atom. The molecular weight excluding hydrogens is 420 g/mol. The van der Waals surface area contributed by atoms with Gasteiger partial charge in [-0.2, -0.15) is 5.10 Å². The van der Waals surface area contributed by atoms with Crippen molar-refractivity contribution < 1.29 is 4.79 Å². The molecule has 0 atom stereocenters. The van der Waals surface area contributed by atoms with Crippen LogP contribution in [0, 0.1) is 6.92 Å². The van der Waals surface area contributed by atoms with E-state index >= 15 is 0 Å². The molecule has 0 N–H and O–H groups in total. The zero-order valence-corrected chi connectivity index (χ0v) is 19.3. The van der Waals surface area contributed by atoms with Crippen molar-refractivity contribution in [2.75, 3.05) is 6.54 Å². The second-order valence-corrected chi connectivity index (χ2v) is 8.47. The van der Waals surface area contributed by atoms with Gasteiger partial charge >= 0.3 is 0 Å². The van der Waals surface area contributed by atoms with Gasteiger partial charge in [0.2, 0.25) is 0 Å². The van der Waals surface area contributed by atoms with Gasteiger partial charge in [0, 0.05) is 31.7 Å². The van der Waals surface area contributed by atoms with Gasteiger partial charge in [-0.3, -0.25) is 9.78 Å². The number of aryl methyl sites for hydroxylation is 1. The van der Waals surface area contributed by atoms with Crippen molar-refractivity contribution in [3.63, 3.8) is 0 Å². The Morgan fingerprint density at radius 2 is 1.97 bits per heavy atom. The molecule has 4 aromatic rings. The van der Waals surface area contributed by atoms with Crippen molar-refractivity contribution in [3.8, 4) is 16.5 Å². The van der Waals surface area contributed by atoms with E-state index in [0.29, 0.717) is 31.0 Å². The number of nitrogens with zero attached hydrogens (tertiary/aromatic N) is 6. The van der Waals surface area contributed by atoms with Gasteiger partial charge in [0.25, 0.3) is 11.9 Å². The second-order valence-electron chi connectivity index (χ2n) is 7.52. The van der Waals surface area contributed by atoms with E-state index in [1.54, 1.807) is 34.6 Å². The van der Waals surface area contributed by atoms with Crippen molar-refractivity contribution in [3.05, 3.63) is 76.8 Å². The van der Waals surface area contributed by atoms with E-state index in [1.165, 1.54) is 0 Å². The standard InChI is InChI=1S/C24H26N6OS/c1-4-7-20-19(23(31)29(5-2)16-18-9-11-25-12-10-18)15-27-30(20)24-26-14-17(3)22(28-24)21-8-6-13-32-21/h6,8-15H,4-5,7,16H2,1-3H3. The largest absolute Gasteiger partial charge is 0.334 e. The van der Waals surface area contributed by atoms with E-state index < -0.39 is 0 Å². The Morgan fingerprint density at radius 3 is 2.66 bits per heavy atom. The molecule has 0 aliphatic carbocycles. The Labute approximate surface area is 191 Å². The predicted octanol–water partition coefficient (Wildman–Crippen LogP) is 4.71. The van der Waals surface area contributed by atoms with Gasteiger partial charge in [0.05, 0.1) is 28.0 Å². The number of thiophene rings is 1. The molecule has 0 spiro atoms. The normalized spacial score (nSPS) is 11.0. The summed E-state index contributed by atoms with van der Waals surface area (Å²) in [7, 11) is 0. The van der Waals surface area contributed by atoms with Crippen molar-refractivity contribution in [2.24, 2.45) is 0 Å². The molecule has 8 heteroatoms. The van der Waals surface area contributed by atoms with Gasteiger partial charge in [-0.1, -0.05) is 19.4 Å². The zero-order chi connectivity index (χ0) is 22.5. The van der Waals surface area contributed by atoms with Crippen LogP contribution in [0.3, 0.4) is 0 Å². The lowest BCUT2D eigenvalue weighted by atomic mass is 10.1. The average Bonchev–Trinajstić information content (AvgIpc) is 3.49. The number of pyridine rings is 1. The van der Waals surface area contributed by atoms with Gasteiger partial charge in [0.15, 0.2) is 0 Å². The van der Waals surface area contributed by atoms with E-state index in [-0.39, 0.29) is 5.91 Å². The minimum atomic E-state index is -0.0374. The third-order valence-corrected chi connectivity index (χ3v) is 6.16. The molecule has 1 amide bonds. The molecule has 0 aliphatic rings. The summed E-state index contributed by atoms with van der Waals surface area (Å²) in [5, 5.41) is 6.57. The predicted molar refractivity (Wildman–Crippen MR) is 126 cm³/mol. The molecule has 7 nitrogen and oxygen atoms in total. The summed E-state index contributed by atoms with van der Waals surface area (Å²) >= 11 is 1.64. The van der Waals surface area contributed by atoms with E-state index in [9.17, 15) is 4.79 Å². The lowest BCUT2D eigenvalue weighted by Gasteiger charge is -2.21. The quantitative estimate of drug-likeness (QED) is 0.392. The van der Waals surface area contributed by atoms with E-state index in [4.69, 9.17) is 4.98 Å². The van der Waals surface area contributed by atoms with Crippen molar-refractivity contribution in [1.82, 2.24) is 29.6 Å². The number of amides is 1. The summed E-state index contributed by atoms with van der Waals surface area (Å²) in [6.45, 7) is 7.20. The van der Waals surface area contributed by atoms with Crippen LogP contribution in [-0.4, -0.2) is 42.1 Å². The molecule has 4 rings (SSSR count). The van der Waals surface area contributed by atoms with Crippen LogP contribution in [-0.2, 0) is 13.0 Å². The first-order valence-electron chi connectivity index (χ1n) is 10.7. The number of rotatable bonds is 8. The minimum Gasteiger partial charge on any atom is -0.334 e. The topological polar surface area (TPSA) is 76.8 Å². The molecule has 0 saturated heterocycles. The molecule has 32 heavy (non-hydrogen) atoms. The first-order valence-corrected chi connectivity index (χ1v) is 11.6. The Balaban J connectivity index is 1.70. The number of carbonyl (C=O) groups excluding carboxylic acids is 1. The second kappa shape index (κ2) is 9.82. The molecule has 4 heterocycles. The van der Waals surface area contributed by atoms with Gasteiger partial charge in [-0.15, -0.1) is 11.3 Å². The maximum absolute atomic E-state index is 13.4. The van der Waals surface area contributed by atoms with Crippen LogP contribution in [0.5, 0.6) is 0 Å². The van der Waals surface area contributed by atoms with Crippen molar-refractivity contribution in [1.29, 1.82) is 0 Å². The SMILES string of the molecule is CCCc1c(C(=O)N(CC)Cc2ccncc2)cnn1-c1ncc(C)c(-c2cccs2)n1. The highest BCUT2D eigenvalue weighted by Gasteiger charge is 2.23. The molecule has 0 aliphatic heterocycles. The number of aromatic nitrogens is 5. The smallest absolute Gasteiger partial charge is 0.257 e. The number of hydrogen-bond acceptors (Lipinski definition) is 6. The highest BCUT2D eigenvalue weighted by atomic mass is 32.1. The fourth-order valence-electron chi connectivity index (χ4n) is 3.61. The third-order valence-electron chi connectivity index (χ3n) is 5.28. The Hall–Kier alpha value is -3.39. The van der Waals surface area contributed by atoms with Crippen LogP contribution in [0.25, 0.3) is 16.5 Å². The fraction of sp³-hybridized carbons (Fsp3) is 0.292. The summed E-state index contributed by atoms with van der Waals surface area (Å²) in [6.07, 6.45) is 8.54. The molecule has 0 radical (unpaired) electrons. The molecular formula is C24H26N6OS. The Bertz CT molecular complexity index is 1190. The fourth-order valence-corrected chi connectivity index (χ4v) is 4.38. The average molecular weight is 447 g/mol. The van der Waals surface area contributed by atoms with Gasteiger partial charge in [-0.05, 0) is 55.0 Å². The molecule has 0 aromatic carbocycles. The van der Waals surface area contributed by atoms with Gasteiger partial charge in [0.1, 0.15) is 0 Å². The van der Waals surface area contributed by atoms with Crippen LogP contribution in [0.2, 0.25) is 0 Å². The highest BCUT2D eigenvalue weighted by molar-refractivity contribution is 7.13. The van der Waals surface area contributed by atoms with E-state index in [2.05, 4.69) is 22.0 Å². The van der Waals surface area contributed by atoms with E-state index in [1.807, 2.05) is 54.6 Å². The maximum Gasteiger partial charge on any atom is 0.257 e. The molecule has 0 unspecified atom stereocenters. The van der Waals surface area contributed by atoms with Crippen LogP contribution in [0.4, 0.5) is 0 Å². The lowest BCUT2D eigenvalue weighted by Crippen LogP contribution is -2.31. The summed E-state index contributed by atoms with van der Waals surface area (Å²) in [5.74, 6) is 0.447. The number of hydrogen-bond donors (Lipinski definition) is 0. The molecule has 0 saturated carbocycles. The third kappa shape index (κ3) is 4.45. The summed E-state index contributed by atoms with van der Waals surface area (Å²) in [6, 6.07) is 7.92. The van der Waals surface area contributed by atoms with Crippen molar-refractivity contribution in [2.45, 2.75) is 40.2 Å². The minimum absolute atomic E-state index is 0.0374. The summed E-state index contributed by atoms with van der Waals surface area (Å²) in [5.41, 5.74) is 4.38. The van der Waals surface area contributed by atoms with Crippen LogP contribution >= 0.6 is 11.3 Å². The van der Waals surface area contributed by atoms with E-state index in [0.717, 1.165) is 33.8 Å². The first kappa shape index (κ1) is 21.8. The van der Waals surface area contributed by atoms with Crippen LogP contribution < -0.4 is 0 Å². The van der Waals surface area contributed by atoms with Crippen molar-refractivity contribution >= 4 is 17.2 Å². The summed E-state index contributed by atoms with van der Waals surface area (Å²) in [4.78, 5) is 29.7. The maximum atomic E-state index is 13.4. The molecule has 0 fully saturated rings.